The number of hydrogen-bond donors (Lipinski definition) is 2. The largest absolute Gasteiger partial charge is 0.494 e. The van der Waals surface area contributed by atoms with Crippen LogP contribution in [-0.4, -0.2) is 54.2 Å². The molecule has 0 atom stereocenters. The lowest BCUT2D eigenvalue weighted by Crippen LogP contribution is -2.55. The zero-order valence-corrected chi connectivity index (χ0v) is 14.2. The van der Waals surface area contributed by atoms with Crippen LogP contribution < -0.4 is 10.1 Å². The van der Waals surface area contributed by atoms with Crippen molar-refractivity contribution in [2.45, 2.75) is 37.8 Å². The molecule has 1 aromatic rings. The van der Waals surface area contributed by atoms with Crippen molar-refractivity contribution in [1.82, 2.24) is 10.2 Å². The van der Waals surface area contributed by atoms with Gasteiger partial charge in [-0.2, -0.15) is 0 Å². The second-order valence-electron chi connectivity index (χ2n) is 6.88. The number of halogens is 1. The van der Waals surface area contributed by atoms with Crippen LogP contribution in [0.2, 0.25) is 0 Å². The Labute approximate surface area is 146 Å². The minimum atomic E-state index is -0.827. The quantitative estimate of drug-likeness (QED) is 0.749. The van der Waals surface area contributed by atoms with Crippen molar-refractivity contribution < 1.29 is 23.8 Å². The SMILES string of the molecule is COc1cccc(C(=O)NC2CC(N(CC(=O)O)CC3CC3)C2)c1F. The summed E-state index contributed by atoms with van der Waals surface area (Å²) in [6.07, 6.45) is 3.71. The molecule has 0 saturated heterocycles. The van der Waals surface area contributed by atoms with Gasteiger partial charge in [-0.15, -0.1) is 0 Å². The van der Waals surface area contributed by atoms with E-state index in [1.165, 1.54) is 19.2 Å². The third kappa shape index (κ3) is 4.28. The van der Waals surface area contributed by atoms with Crippen molar-refractivity contribution in [3.63, 3.8) is 0 Å². The van der Waals surface area contributed by atoms with E-state index >= 15 is 0 Å². The van der Waals surface area contributed by atoms with E-state index in [0.717, 1.165) is 19.4 Å². The summed E-state index contributed by atoms with van der Waals surface area (Å²) in [7, 11) is 1.35. The van der Waals surface area contributed by atoms with Gasteiger partial charge in [-0.1, -0.05) is 6.07 Å². The lowest BCUT2D eigenvalue weighted by Gasteiger charge is -2.42. The number of ether oxygens (including phenoxy) is 1. The number of carboxylic acids is 1. The van der Waals surface area contributed by atoms with Gasteiger partial charge in [0.2, 0.25) is 0 Å². The van der Waals surface area contributed by atoms with Crippen LogP contribution in [0.1, 0.15) is 36.0 Å². The molecule has 136 valence electrons. The molecule has 3 rings (SSSR count). The van der Waals surface area contributed by atoms with Gasteiger partial charge in [0.25, 0.3) is 5.91 Å². The smallest absolute Gasteiger partial charge is 0.317 e. The maximum Gasteiger partial charge on any atom is 0.317 e. The first kappa shape index (κ1) is 17.7. The fourth-order valence-electron chi connectivity index (χ4n) is 3.26. The molecule has 2 fully saturated rings. The number of methoxy groups -OCH3 is 1. The first-order chi connectivity index (χ1) is 12.0. The molecule has 2 N–H and O–H groups in total. The molecular weight excluding hydrogens is 327 g/mol. The molecule has 2 saturated carbocycles. The molecule has 0 radical (unpaired) electrons. The van der Waals surface area contributed by atoms with Gasteiger partial charge in [0.05, 0.1) is 19.2 Å². The summed E-state index contributed by atoms with van der Waals surface area (Å²) in [6.45, 7) is 0.842. The zero-order chi connectivity index (χ0) is 18.0. The Balaban J connectivity index is 1.53. The highest BCUT2D eigenvalue weighted by molar-refractivity contribution is 5.95. The number of benzene rings is 1. The topological polar surface area (TPSA) is 78.9 Å². The molecule has 0 aromatic heterocycles. The molecule has 7 heteroatoms. The summed E-state index contributed by atoms with van der Waals surface area (Å²) in [4.78, 5) is 25.3. The second kappa shape index (κ2) is 7.39. The van der Waals surface area contributed by atoms with Crippen LogP contribution in [0, 0.1) is 11.7 Å². The Kier molecular flexibility index (Phi) is 5.22. The van der Waals surface area contributed by atoms with E-state index in [2.05, 4.69) is 5.32 Å². The molecule has 0 spiro atoms. The molecule has 6 nitrogen and oxygen atoms in total. The Hall–Kier alpha value is -2.15. The van der Waals surface area contributed by atoms with Gasteiger partial charge in [-0.3, -0.25) is 14.5 Å². The van der Waals surface area contributed by atoms with Gasteiger partial charge in [-0.25, -0.2) is 4.39 Å². The molecule has 0 unspecified atom stereocenters. The number of nitrogens with one attached hydrogen (secondary N) is 1. The van der Waals surface area contributed by atoms with E-state index < -0.39 is 17.7 Å². The normalized spacial score (nSPS) is 22.4. The molecule has 1 aromatic carbocycles. The molecule has 0 aliphatic heterocycles. The van der Waals surface area contributed by atoms with Crippen LogP contribution in [0.3, 0.4) is 0 Å². The Morgan fingerprint density at radius 2 is 2.08 bits per heavy atom. The van der Waals surface area contributed by atoms with Crippen molar-refractivity contribution in [3.05, 3.63) is 29.6 Å². The standard InChI is InChI=1S/C18H23FN2O4/c1-25-15-4-2-3-14(17(15)19)18(24)20-12-7-13(8-12)21(10-16(22)23)9-11-5-6-11/h2-4,11-13H,5-10H2,1H3,(H,20,24)(H,22,23). The highest BCUT2D eigenvalue weighted by Gasteiger charge is 2.38. The number of hydrogen-bond acceptors (Lipinski definition) is 4. The van der Waals surface area contributed by atoms with Gasteiger partial charge in [-0.05, 0) is 43.7 Å². The molecule has 0 bridgehead atoms. The first-order valence-electron chi connectivity index (χ1n) is 8.57. The van der Waals surface area contributed by atoms with Crippen LogP contribution in [0.4, 0.5) is 4.39 Å². The number of carbonyl (C=O) groups excluding carboxylic acids is 1. The summed E-state index contributed by atoms with van der Waals surface area (Å²) < 4.78 is 19.0. The third-order valence-corrected chi connectivity index (χ3v) is 4.92. The van der Waals surface area contributed by atoms with Crippen LogP contribution in [0.15, 0.2) is 18.2 Å². The minimum absolute atomic E-state index is 0.0341. The monoisotopic (exact) mass is 350 g/mol. The summed E-state index contributed by atoms with van der Waals surface area (Å²) in [5.41, 5.74) is -0.0387. The highest BCUT2D eigenvalue weighted by atomic mass is 19.1. The summed E-state index contributed by atoms with van der Waals surface area (Å²) in [5.74, 6) is -1.31. The van der Waals surface area contributed by atoms with Gasteiger partial charge >= 0.3 is 5.97 Å². The number of aliphatic carboxylic acids is 1. The molecule has 2 aliphatic carbocycles. The van der Waals surface area contributed by atoms with Crippen LogP contribution in [0.25, 0.3) is 0 Å². The average molecular weight is 350 g/mol. The highest BCUT2D eigenvalue weighted by Crippen LogP contribution is 2.34. The predicted molar refractivity (Wildman–Crippen MR) is 89.2 cm³/mol. The minimum Gasteiger partial charge on any atom is -0.494 e. The lowest BCUT2D eigenvalue weighted by atomic mass is 9.85. The third-order valence-electron chi connectivity index (χ3n) is 4.92. The van der Waals surface area contributed by atoms with Crippen LogP contribution in [0.5, 0.6) is 5.75 Å². The van der Waals surface area contributed by atoms with Crippen molar-refractivity contribution in [3.8, 4) is 5.75 Å². The number of carbonyl (C=O) groups is 2. The van der Waals surface area contributed by atoms with Crippen LogP contribution in [-0.2, 0) is 4.79 Å². The average Bonchev–Trinajstić information content (AvgIpc) is 3.33. The van der Waals surface area contributed by atoms with Gasteiger partial charge in [0.15, 0.2) is 11.6 Å². The molecule has 1 amide bonds. The van der Waals surface area contributed by atoms with Crippen LogP contribution >= 0.6 is 0 Å². The molecule has 0 heterocycles. The van der Waals surface area contributed by atoms with Gasteiger partial charge < -0.3 is 15.2 Å². The van der Waals surface area contributed by atoms with E-state index in [4.69, 9.17) is 9.84 Å². The Bertz CT molecular complexity index is 656. The maximum absolute atomic E-state index is 14.1. The van der Waals surface area contributed by atoms with E-state index in [1.54, 1.807) is 6.07 Å². The van der Waals surface area contributed by atoms with Gasteiger partial charge in [0.1, 0.15) is 0 Å². The first-order valence-corrected chi connectivity index (χ1v) is 8.57. The van der Waals surface area contributed by atoms with Crippen molar-refractivity contribution in [2.24, 2.45) is 5.92 Å². The van der Waals surface area contributed by atoms with Gasteiger partial charge in [0, 0.05) is 18.6 Å². The number of nitrogens with zero attached hydrogens (tertiary/aromatic N) is 1. The zero-order valence-electron chi connectivity index (χ0n) is 14.2. The van der Waals surface area contributed by atoms with E-state index in [9.17, 15) is 14.0 Å². The van der Waals surface area contributed by atoms with Crippen molar-refractivity contribution in [2.75, 3.05) is 20.2 Å². The number of amides is 1. The van der Waals surface area contributed by atoms with E-state index in [1.807, 2.05) is 4.90 Å². The fourth-order valence-corrected chi connectivity index (χ4v) is 3.26. The predicted octanol–water partition coefficient (Wildman–Crippen LogP) is 1.89. The molecule has 2 aliphatic rings. The van der Waals surface area contributed by atoms with Crippen molar-refractivity contribution in [1.29, 1.82) is 0 Å². The fraction of sp³-hybridized carbons (Fsp3) is 0.556. The Morgan fingerprint density at radius 3 is 2.68 bits per heavy atom. The van der Waals surface area contributed by atoms with E-state index in [-0.39, 0.29) is 29.9 Å². The molecular formula is C18H23FN2O4. The maximum atomic E-state index is 14.1. The number of rotatable bonds is 8. The number of carboxylic acid groups (broad SMARTS) is 1. The molecule has 25 heavy (non-hydrogen) atoms. The lowest BCUT2D eigenvalue weighted by molar-refractivity contribution is -0.139. The summed E-state index contributed by atoms with van der Waals surface area (Å²) in [5, 5.41) is 11.9. The second-order valence-corrected chi connectivity index (χ2v) is 6.88. The van der Waals surface area contributed by atoms with Crippen molar-refractivity contribution >= 4 is 11.9 Å². The Morgan fingerprint density at radius 1 is 1.36 bits per heavy atom. The summed E-state index contributed by atoms with van der Waals surface area (Å²) >= 11 is 0. The summed E-state index contributed by atoms with van der Waals surface area (Å²) in [6, 6.07) is 4.57. The van der Waals surface area contributed by atoms with E-state index in [0.29, 0.717) is 18.8 Å².